The molecule has 2 aliphatic rings. The average Bonchev–Trinajstić information content (AvgIpc) is 3.25. The van der Waals surface area contributed by atoms with Crippen LogP contribution in [0, 0.1) is 5.92 Å². The highest BCUT2D eigenvalue weighted by Crippen LogP contribution is 2.36. The van der Waals surface area contributed by atoms with Crippen LogP contribution < -0.4 is 15.0 Å². The second-order valence-electron chi connectivity index (χ2n) is 8.55. The maximum Gasteiger partial charge on any atom is 0.227 e. The van der Waals surface area contributed by atoms with Crippen molar-refractivity contribution in [2.45, 2.75) is 26.2 Å². The van der Waals surface area contributed by atoms with Gasteiger partial charge in [-0.1, -0.05) is 48.9 Å². The monoisotopic (exact) mass is 446 g/mol. The first kappa shape index (κ1) is 20.8. The molecule has 1 aliphatic heterocycles. The zero-order valence-corrected chi connectivity index (χ0v) is 19.2. The standard InChI is InChI=1S/C26H27ClN4O/c1-17-11-13-31(14-12-17)19-8-10-23(24(15-19)32-2)29-26-28-16-22(27)25(30-26)21-9-7-18-5-3-4-6-20(18)21/h3-6,8-10,15-17H,7,11-14H2,1-2H3,(H,28,29,30). The highest BCUT2D eigenvalue weighted by atomic mass is 35.5. The van der Waals surface area contributed by atoms with Gasteiger partial charge < -0.3 is 15.0 Å². The SMILES string of the molecule is COc1cc(N2CCC(C)CC2)ccc1Nc1ncc(Cl)c(C2=CCc3ccccc32)n1. The fourth-order valence-corrected chi connectivity index (χ4v) is 4.68. The van der Waals surface area contributed by atoms with Crippen LogP contribution in [0.25, 0.3) is 5.57 Å². The molecular formula is C26H27ClN4O. The third-order valence-electron chi connectivity index (χ3n) is 6.41. The Morgan fingerprint density at radius 2 is 1.94 bits per heavy atom. The lowest BCUT2D eigenvalue weighted by atomic mass is 9.99. The number of aromatic nitrogens is 2. The fraction of sp³-hybridized carbons (Fsp3) is 0.308. The number of rotatable bonds is 5. The van der Waals surface area contributed by atoms with E-state index in [2.05, 4.69) is 58.5 Å². The highest BCUT2D eigenvalue weighted by Gasteiger charge is 2.20. The number of anilines is 3. The van der Waals surface area contributed by atoms with Gasteiger partial charge in [-0.05, 0) is 48.4 Å². The largest absolute Gasteiger partial charge is 0.494 e. The molecule has 32 heavy (non-hydrogen) atoms. The van der Waals surface area contributed by atoms with E-state index in [-0.39, 0.29) is 0 Å². The zero-order chi connectivity index (χ0) is 22.1. The molecule has 3 aromatic rings. The molecule has 5 nitrogen and oxygen atoms in total. The van der Waals surface area contributed by atoms with Crippen LogP contribution in [0.3, 0.4) is 0 Å². The number of benzene rings is 2. The molecule has 5 rings (SSSR count). The Morgan fingerprint density at radius 1 is 1.12 bits per heavy atom. The van der Waals surface area contributed by atoms with E-state index in [0.717, 1.165) is 48.1 Å². The number of fused-ring (bicyclic) bond motifs is 1. The van der Waals surface area contributed by atoms with Gasteiger partial charge in [-0.3, -0.25) is 0 Å². The van der Waals surface area contributed by atoms with Crippen LogP contribution in [0.2, 0.25) is 5.02 Å². The minimum absolute atomic E-state index is 0.493. The predicted molar refractivity (Wildman–Crippen MR) is 131 cm³/mol. The Balaban J connectivity index is 1.40. The third-order valence-corrected chi connectivity index (χ3v) is 6.69. The van der Waals surface area contributed by atoms with Crippen molar-refractivity contribution in [2.24, 2.45) is 5.92 Å². The first-order chi connectivity index (χ1) is 15.6. The molecule has 2 heterocycles. The van der Waals surface area contributed by atoms with E-state index in [1.54, 1.807) is 13.3 Å². The van der Waals surface area contributed by atoms with E-state index in [4.69, 9.17) is 21.3 Å². The van der Waals surface area contributed by atoms with Gasteiger partial charge in [-0.15, -0.1) is 0 Å². The lowest BCUT2D eigenvalue weighted by Gasteiger charge is -2.32. The van der Waals surface area contributed by atoms with Crippen LogP contribution in [-0.2, 0) is 6.42 Å². The quantitative estimate of drug-likeness (QED) is 0.512. The van der Waals surface area contributed by atoms with Gasteiger partial charge in [0, 0.05) is 30.4 Å². The van der Waals surface area contributed by atoms with Crippen molar-refractivity contribution in [3.63, 3.8) is 0 Å². The van der Waals surface area contributed by atoms with Gasteiger partial charge in [0.1, 0.15) is 5.75 Å². The van der Waals surface area contributed by atoms with Crippen molar-refractivity contribution < 1.29 is 4.74 Å². The van der Waals surface area contributed by atoms with Crippen LogP contribution in [0.5, 0.6) is 5.75 Å². The molecule has 1 fully saturated rings. The van der Waals surface area contributed by atoms with Gasteiger partial charge in [0.25, 0.3) is 0 Å². The summed E-state index contributed by atoms with van der Waals surface area (Å²) in [4.78, 5) is 11.6. The summed E-state index contributed by atoms with van der Waals surface area (Å²) in [6.45, 7) is 4.49. The molecule has 1 N–H and O–H groups in total. The Kier molecular flexibility index (Phi) is 5.75. The van der Waals surface area contributed by atoms with Gasteiger partial charge in [0.2, 0.25) is 5.95 Å². The van der Waals surface area contributed by atoms with Crippen LogP contribution in [0.4, 0.5) is 17.3 Å². The van der Waals surface area contributed by atoms with Gasteiger partial charge >= 0.3 is 0 Å². The molecule has 0 amide bonds. The minimum Gasteiger partial charge on any atom is -0.494 e. The third kappa shape index (κ3) is 4.05. The normalized spacial score (nSPS) is 16.0. The molecule has 0 bridgehead atoms. The molecule has 0 spiro atoms. The Hall–Kier alpha value is -3.05. The number of ether oxygens (including phenoxy) is 1. The number of nitrogens with one attached hydrogen (secondary N) is 1. The molecule has 0 atom stereocenters. The predicted octanol–water partition coefficient (Wildman–Crippen LogP) is 6.11. The number of methoxy groups -OCH3 is 1. The zero-order valence-electron chi connectivity index (χ0n) is 18.4. The van der Waals surface area contributed by atoms with Crippen molar-refractivity contribution in [1.29, 1.82) is 0 Å². The molecule has 6 heteroatoms. The lowest BCUT2D eigenvalue weighted by Crippen LogP contribution is -2.32. The highest BCUT2D eigenvalue weighted by molar-refractivity contribution is 6.32. The van der Waals surface area contributed by atoms with E-state index in [9.17, 15) is 0 Å². The maximum absolute atomic E-state index is 6.50. The number of hydrogen-bond acceptors (Lipinski definition) is 5. The lowest BCUT2D eigenvalue weighted by molar-refractivity contribution is 0.415. The second kappa shape index (κ2) is 8.83. The summed E-state index contributed by atoms with van der Waals surface area (Å²) in [5.41, 5.74) is 6.28. The number of hydrogen-bond donors (Lipinski definition) is 1. The van der Waals surface area contributed by atoms with Gasteiger partial charge in [0.15, 0.2) is 0 Å². The van der Waals surface area contributed by atoms with Crippen molar-refractivity contribution in [2.75, 3.05) is 30.4 Å². The average molecular weight is 447 g/mol. The molecule has 1 saturated heterocycles. The summed E-state index contributed by atoms with van der Waals surface area (Å²) in [6.07, 6.45) is 7.17. The summed E-state index contributed by atoms with van der Waals surface area (Å²) in [7, 11) is 1.69. The van der Waals surface area contributed by atoms with Gasteiger partial charge in [-0.25, -0.2) is 9.97 Å². The van der Waals surface area contributed by atoms with Crippen LogP contribution >= 0.6 is 11.6 Å². The number of halogens is 1. The van der Waals surface area contributed by atoms with Crippen LogP contribution in [-0.4, -0.2) is 30.2 Å². The topological polar surface area (TPSA) is 50.3 Å². The van der Waals surface area contributed by atoms with Crippen molar-refractivity contribution in [1.82, 2.24) is 9.97 Å². The van der Waals surface area contributed by atoms with Crippen molar-refractivity contribution in [3.8, 4) is 5.75 Å². The summed E-state index contributed by atoms with van der Waals surface area (Å²) in [6, 6.07) is 14.6. The second-order valence-corrected chi connectivity index (χ2v) is 8.96. The van der Waals surface area contributed by atoms with Gasteiger partial charge in [0.05, 0.1) is 29.7 Å². The fourth-order valence-electron chi connectivity index (χ4n) is 4.49. The molecule has 0 unspecified atom stereocenters. The molecule has 1 aliphatic carbocycles. The van der Waals surface area contributed by atoms with Gasteiger partial charge in [-0.2, -0.15) is 0 Å². The Bertz CT molecular complexity index is 1170. The van der Waals surface area contributed by atoms with Crippen molar-refractivity contribution in [3.05, 3.63) is 76.6 Å². The first-order valence-corrected chi connectivity index (χ1v) is 11.5. The Labute approximate surface area is 194 Å². The molecule has 0 saturated carbocycles. The van der Waals surface area contributed by atoms with E-state index >= 15 is 0 Å². The van der Waals surface area contributed by atoms with E-state index in [1.807, 2.05) is 12.1 Å². The van der Waals surface area contributed by atoms with E-state index in [0.29, 0.717) is 11.0 Å². The summed E-state index contributed by atoms with van der Waals surface area (Å²) in [5, 5.41) is 3.87. The number of nitrogens with zero attached hydrogens (tertiary/aromatic N) is 3. The molecule has 1 aromatic heterocycles. The summed E-state index contributed by atoms with van der Waals surface area (Å²) in [5.74, 6) is 2.06. The maximum atomic E-state index is 6.50. The first-order valence-electron chi connectivity index (χ1n) is 11.1. The smallest absolute Gasteiger partial charge is 0.227 e. The molecule has 0 radical (unpaired) electrons. The van der Waals surface area contributed by atoms with E-state index < -0.39 is 0 Å². The van der Waals surface area contributed by atoms with E-state index in [1.165, 1.54) is 29.7 Å². The summed E-state index contributed by atoms with van der Waals surface area (Å²) < 4.78 is 5.69. The van der Waals surface area contributed by atoms with Crippen LogP contribution in [0.15, 0.2) is 54.7 Å². The molecule has 2 aromatic carbocycles. The Morgan fingerprint density at radius 3 is 2.75 bits per heavy atom. The van der Waals surface area contributed by atoms with Crippen molar-refractivity contribution >= 4 is 34.5 Å². The molecular weight excluding hydrogens is 420 g/mol. The minimum atomic E-state index is 0.493. The summed E-state index contributed by atoms with van der Waals surface area (Å²) >= 11 is 6.50. The van der Waals surface area contributed by atoms with Crippen LogP contribution in [0.1, 0.15) is 36.6 Å². The molecule has 164 valence electrons. The number of piperidine rings is 1. The number of allylic oxidation sites excluding steroid dienone is 1.